The van der Waals surface area contributed by atoms with E-state index in [1.807, 2.05) is 62.6 Å². The molecule has 2 N–H and O–H groups in total. The summed E-state index contributed by atoms with van der Waals surface area (Å²) in [6, 6.07) is 9.98. The third-order valence-electron chi connectivity index (χ3n) is 5.80. The van der Waals surface area contributed by atoms with Crippen molar-refractivity contribution in [2.45, 2.75) is 65.7 Å². The minimum Gasteiger partial charge on any atom is -0.483 e. The number of rotatable bonds is 11. The maximum atomic E-state index is 12.6. The summed E-state index contributed by atoms with van der Waals surface area (Å²) in [5.74, 6) is 1.48. The van der Waals surface area contributed by atoms with Crippen LogP contribution in [-0.2, 0) is 22.7 Å². The second-order valence-electron chi connectivity index (χ2n) is 9.16. The predicted octanol–water partition coefficient (Wildman–Crippen LogP) is 5.54. The van der Waals surface area contributed by atoms with Crippen molar-refractivity contribution in [1.29, 1.82) is 0 Å². The summed E-state index contributed by atoms with van der Waals surface area (Å²) in [6.07, 6.45) is 0. The van der Waals surface area contributed by atoms with Gasteiger partial charge in [-0.3, -0.25) is 9.59 Å². The smallest absolute Gasteiger partial charge is 0.258 e. The number of aromatic nitrogens is 3. The zero-order valence-electron chi connectivity index (χ0n) is 22.1. The number of benzene rings is 2. The van der Waals surface area contributed by atoms with Gasteiger partial charge in [-0.15, -0.1) is 10.2 Å². The molecule has 1 aromatic heterocycles. The van der Waals surface area contributed by atoms with Gasteiger partial charge in [0, 0.05) is 16.7 Å². The molecule has 0 aliphatic rings. The second-order valence-corrected chi connectivity index (χ2v) is 11.0. The van der Waals surface area contributed by atoms with Crippen LogP contribution in [0.4, 0.5) is 5.69 Å². The van der Waals surface area contributed by atoms with E-state index < -0.39 is 0 Å². The summed E-state index contributed by atoms with van der Waals surface area (Å²) in [7, 11) is 0. The molecule has 2 aromatic carbocycles. The lowest BCUT2D eigenvalue weighted by atomic mass is 10.0. The van der Waals surface area contributed by atoms with Gasteiger partial charge in [0.2, 0.25) is 5.91 Å². The standard InChI is InChI=1S/C27H34BrN5O3S/c1-7-33-23(13-29-24(34)14-36-22-10-17(4)8-9-21(22)16(2)3)31-32-27(33)37-15-25(35)30-26-18(5)11-20(28)12-19(26)6/h8-12,16H,7,13-15H2,1-6H3,(H,29,34)(H,30,35). The molecule has 8 nitrogen and oxygen atoms in total. The molecule has 0 aliphatic carbocycles. The molecule has 3 rings (SSSR count). The molecule has 3 aromatic rings. The van der Waals surface area contributed by atoms with E-state index >= 15 is 0 Å². The van der Waals surface area contributed by atoms with E-state index in [4.69, 9.17) is 4.74 Å². The summed E-state index contributed by atoms with van der Waals surface area (Å²) < 4.78 is 8.70. The summed E-state index contributed by atoms with van der Waals surface area (Å²) in [5.41, 5.74) is 4.96. The number of amides is 2. The fraction of sp³-hybridized carbons (Fsp3) is 0.407. The van der Waals surface area contributed by atoms with Gasteiger partial charge in [-0.2, -0.15) is 0 Å². The molecule has 0 bridgehead atoms. The Balaban J connectivity index is 1.54. The van der Waals surface area contributed by atoms with Crippen molar-refractivity contribution in [3.8, 4) is 5.75 Å². The Morgan fingerprint density at radius 3 is 2.43 bits per heavy atom. The number of thioether (sulfide) groups is 1. The molecule has 0 fully saturated rings. The zero-order valence-corrected chi connectivity index (χ0v) is 24.5. The number of hydrogen-bond donors (Lipinski definition) is 2. The molecule has 0 radical (unpaired) electrons. The van der Waals surface area contributed by atoms with Gasteiger partial charge < -0.3 is 19.9 Å². The number of ether oxygens (including phenoxy) is 1. The van der Waals surface area contributed by atoms with Crippen molar-refractivity contribution in [3.05, 3.63) is 62.9 Å². The number of carbonyl (C=O) groups excluding carboxylic acids is 2. The Morgan fingerprint density at radius 1 is 1.08 bits per heavy atom. The van der Waals surface area contributed by atoms with Crippen molar-refractivity contribution < 1.29 is 14.3 Å². The number of anilines is 1. The molecular weight excluding hydrogens is 554 g/mol. The zero-order chi connectivity index (χ0) is 27.1. The highest BCUT2D eigenvalue weighted by Gasteiger charge is 2.16. The van der Waals surface area contributed by atoms with Gasteiger partial charge in [-0.25, -0.2) is 0 Å². The third kappa shape index (κ3) is 7.82. The van der Waals surface area contributed by atoms with E-state index in [1.165, 1.54) is 11.8 Å². The van der Waals surface area contributed by atoms with Crippen LogP contribution in [0.3, 0.4) is 0 Å². The molecule has 0 aliphatic heterocycles. The first kappa shape index (κ1) is 28.7. The summed E-state index contributed by atoms with van der Waals surface area (Å²) in [5, 5.41) is 14.9. The molecular formula is C27H34BrN5O3S. The molecule has 0 unspecified atom stereocenters. The highest BCUT2D eigenvalue weighted by Crippen LogP contribution is 2.28. The van der Waals surface area contributed by atoms with E-state index in [2.05, 4.69) is 50.6 Å². The predicted molar refractivity (Wildman–Crippen MR) is 151 cm³/mol. The first-order chi connectivity index (χ1) is 17.6. The van der Waals surface area contributed by atoms with Crippen LogP contribution >= 0.6 is 27.7 Å². The normalized spacial score (nSPS) is 11.0. The molecule has 2 amide bonds. The second kappa shape index (κ2) is 13.1. The summed E-state index contributed by atoms with van der Waals surface area (Å²) in [6.45, 7) is 12.8. The van der Waals surface area contributed by atoms with E-state index in [0.717, 1.165) is 38.2 Å². The lowest BCUT2D eigenvalue weighted by molar-refractivity contribution is -0.123. The Kier molecular flexibility index (Phi) is 10.2. The third-order valence-corrected chi connectivity index (χ3v) is 7.22. The van der Waals surface area contributed by atoms with Gasteiger partial charge in [-0.1, -0.05) is 53.7 Å². The van der Waals surface area contributed by atoms with Gasteiger partial charge in [0.15, 0.2) is 17.6 Å². The fourth-order valence-electron chi connectivity index (χ4n) is 3.90. The molecule has 1 heterocycles. The van der Waals surface area contributed by atoms with E-state index in [-0.39, 0.29) is 30.7 Å². The average Bonchev–Trinajstić information content (AvgIpc) is 3.23. The van der Waals surface area contributed by atoms with Crippen LogP contribution in [0, 0.1) is 20.8 Å². The van der Waals surface area contributed by atoms with Gasteiger partial charge in [0.05, 0.1) is 12.3 Å². The summed E-state index contributed by atoms with van der Waals surface area (Å²) >= 11 is 4.79. The Morgan fingerprint density at radius 2 is 1.78 bits per heavy atom. The average molecular weight is 589 g/mol. The lowest BCUT2D eigenvalue weighted by Gasteiger charge is -2.15. The van der Waals surface area contributed by atoms with Crippen molar-refractivity contribution >= 4 is 45.2 Å². The maximum Gasteiger partial charge on any atom is 0.258 e. The van der Waals surface area contributed by atoms with Gasteiger partial charge >= 0.3 is 0 Å². The Hall–Kier alpha value is -2.85. The van der Waals surface area contributed by atoms with E-state index in [0.29, 0.717) is 23.4 Å². The number of hydrogen-bond acceptors (Lipinski definition) is 6. The van der Waals surface area contributed by atoms with Crippen molar-refractivity contribution in [2.75, 3.05) is 17.7 Å². The SMILES string of the molecule is CCn1c(CNC(=O)COc2cc(C)ccc2C(C)C)nnc1SCC(=O)Nc1c(C)cc(Br)cc1C. The molecule has 10 heteroatoms. The summed E-state index contributed by atoms with van der Waals surface area (Å²) in [4.78, 5) is 25.1. The Labute approximate surface area is 231 Å². The minimum absolute atomic E-state index is 0.0832. The molecule has 0 atom stereocenters. The van der Waals surface area contributed by atoms with Crippen LogP contribution in [0.2, 0.25) is 0 Å². The van der Waals surface area contributed by atoms with Crippen LogP contribution in [0.25, 0.3) is 0 Å². The first-order valence-corrected chi connectivity index (χ1v) is 14.0. The van der Waals surface area contributed by atoms with Gasteiger partial charge in [0.1, 0.15) is 5.75 Å². The molecule has 198 valence electrons. The van der Waals surface area contributed by atoms with Crippen LogP contribution in [0.1, 0.15) is 54.8 Å². The van der Waals surface area contributed by atoms with Crippen LogP contribution < -0.4 is 15.4 Å². The van der Waals surface area contributed by atoms with E-state index in [1.54, 1.807) is 0 Å². The van der Waals surface area contributed by atoms with Gasteiger partial charge in [0.25, 0.3) is 5.91 Å². The Bertz CT molecular complexity index is 1250. The number of aryl methyl sites for hydroxylation is 3. The first-order valence-electron chi connectivity index (χ1n) is 12.2. The van der Waals surface area contributed by atoms with Crippen LogP contribution in [0.5, 0.6) is 5.75 Å². The molecule has 37 heavy (non-hydrogen) atoms. The van der Waals surface area contributed by atoms with E-state index in [9.17, 15) is 9.59 Å². The highest BCUT2D eigenvalue weighted by molar-refractivity contribution is 9.10. The fourth-order valence-corrected chi connectivity index (χ4v) is 5.41. The van der Waals surface area contributed by atoms with Crippen molar-refractivity contribution in [1.82, 2.24) is 20.1 Å². The number of nitrogens with zero attached hydrogens (tertiary/aromatic N) is 3. The molecule has 0 saturated heterocycles. The van der Waals surface area contributed by atoms with Gasteiger partial charge in [-0.05, 0) is 74.1 Å². The molecule has 0 saturated carbocycles. The van der Waals surface area contributed by atoms with Crippen molar-refractivity contribution in [2.24, 2.45) is 0 Å². The van der Waals surface area contributed by atoms with Crippen LogP contribution in [-0.4, -0.2) is 38.9 Å². The largest absolute Gasteiger partial charge is 0.483 e. The topological polar surface area (TPSA) is 98.1 Å². The highest BCUT2D eigenvalue weighted by atomic mass is 79.9. The molecule has 0 spiro atoms. The quantitative estimate of drug-likeness (QED) is 0.286. The monoisotopic (exact) mass is 587 g/mol. The van der Waals surface area contributed by atoms with Crippen LogP contribution in [0.15, 0.2) is 40.0 Å². The van der Waals surface area contributed by atoms with Crippen molar-refractivity contribution in [3.63, 3.8) is 0 Å². The number of carbonyl (C=O) groups is 2. The number of halogens is 1. The number of nitrogens with one attached hydrogen (secondary N) is 2. The minimum atomic E-state index is -0.240. The lowest BCUT2D eigenvalue weighted by Crippen LogP contribution is -2.29. The maximum absolute atomic E-state index is 12.6.